The summed E-state index contributed by atoms with van der Waals surface area (Å²) < 4.78 is 28.5. The fourth-order valence-electron chi connectivity index (χ4n) is 4.47. The lowest BCUT2D eigenvalue weighted by Gasteiger charge is -2.36. The molecular formula is C21H25F2N7O. The minimum Gasteiger partial charge on any atom is -0.369 e. The van der Waals surface area contributed by atoms with Crippen molar-refractivity contribution in [3.8, 4) is 0 Å². The van der Waals surface area contributed by atoms with Gasteiger partial charge in [0.05, 0.1) is 30.3 Å². The van der Waals surface area contributed by atoms with Crippen molar-refractivity contribution in [2.75, 3.05) is 31.1 Å². The van der Waals surface area contributed by atoms with Gasteiger partial charge in [-0.2, -0.15) is 0 Å². The molecule has 0 N–H and O–H groups in total. The second-order valence-corrected chi connectivity index (χ2v) is 8.20. The number of rotatable bonds is 5. The van der Waals surface area contributed by atoms with Crippen LogP contribution in [0, 0.1) is 0 Å². The van der Waals surface area contributed by atoms with Gasteiger partial charge in [-0.1, -0.05) is 0 Å². The maximum atomic E-state index is 12.6. The van der Waals surface area contributed by atoms with Crippen molar-refractivity contribution in [2.45, 2.75) is 45.3 Å². The number of piperazine rings is 1. The largest absolute Gasteiger partial charge is 0.369 e. The Hall–Kier alpha value is -2.88. The molecule has 2 aliphatic heterocycles. The smallest absolute Gasteiger partial charge is 0.261 e. The fraction of sp³-hybridized carbons (Fsp3) is 0.524. The molecule has 0 spiro atoms. The summed E-state index contributed by atoms with van der Waals surface area (Å²) >= 11 is 0. The molecule has 4 heterocycles. The minimum atomic E-state index is -2.59. The molecule has 0 saturated carbocycles. The van der Waals surface area contributed by atoms with Gasteiger partial charge in [0.1, 0.15) is 11.6 Å². The Kier molecular flexibility index (Phi) is 5.39. The van der Waals surface area contributed by atoms with Crippen molar-refractivity contribution in [3.05, 3.63) is 46.5 Å². The number of hydrogen-bond donors (Lipinski definition) is 0. The molecule has 0 atom stereocenters. The number of alkyl halides is 2. The predicted molar refractivity (Wildman–Crippen MR) is 112 cm³/mol. The first-order valence-corrected chi connectivity index (χ1v) is 10.7. The Morgan fingerprint density at radius 2 is 1.87 bits per heavy atom. The van der Waals surface area contributed by atoms with Crippen LogP contribution in [0.3, 0.4) is 0 Å². The zero-order valence-corrected chi connectivity index (χ0v) is 17.3. The fourth-order valence-corrected chi connectivity index (χ4v) is 4.47. The number of aromatic nitrogens is 5. The number of anilines is 1. The van der Waals surface area contributed by atoms with Gasteiger partial charge in [0.25, 0.3) is 12.0 Å². The Bertz CT molecular complexity index is 1130. The van der Waals surface area contributed by atoms with E-state index >= 15 is 0 Å². The molecule has 1 fully saturated rings. The summed E-state index contributed by atoms with van der Waals surface area (Å²) in [6.45, 7) is 4.71. The molecule has 3 aromatic rings. The van der Waals surface area contributed by atoms with Crippen molar-refractivity contribution >= 4 is 16.6 Å². The van der Waals surface area contributed by atoms with Gasteiger partial charge < -0.3 is 9.47 Å². The zero-order valence-electron chi connectivity index (χ0n) is 17.3. The molecule has 0 aliphatic carbocycles. The van der Waals surface area contributed by atoms with Gasteiger partial charge >= 0.3 is 0 Å². The highest BCUT2D eigenvalue weighted by Gasteiger charge is 2.22. The molecule has 1 saturated heterocycles. The van der Waals surface area contributed by atoms with E-state index in [2.05, 4.69) is 29.5 Å². The van der Waals surface area contributed by atoms with E-state index < -0.39 is 18.5 Å². The predicted octanol–water partition coefficient (Wildman–Crippen LogP) is 1.91. The molecule has 10 heteroatoms. The zero-order chi connectivity index (χ0) is 21.4. The van der Waals surface area contributed by atoms with Crippen LogP contribution in [0.15, 0.2) is 29.3 Å². The molecule has 0 amide bonds. The van der Waals surface area contributed by atoms with Crippen LogP contribution < -0.4 is 10.5 Å². The highest BCUT2D eigenvalue weighted by Crippen LogP contribution is 2.22. The monoisotopic (exact) mass is 429 g/mol. The van der Waals surface area contributed by atoms with Gasteiger partial charge in [-0.15, -0.1) is 10.2 Å². The van der Waals surface area contributed by atoms with Crippen molar-refractivity contribution < 1.29 is 8.78 Å². The quantitative estimate of drug-likeness (QED) is 0.617. The minimum absolute atomic E-state index is 0.363. The van der Waals surface area contributed by atoms with Gasteiger partial charge in [-0.05, 0) is 31.0 Å². The first kappa shape index (κ1) is 20.0. The lowest BCUT2D eigenvalue weighted by atomic mass is 10.1. The molecule has 164 valence electrons. The van der Waals surface area contributed by atoms with E-state index in [4.69, 9.17) is 0 Å². The second-order valence-electron chi connectivity index (χ2n) is 8.20. The summed E-state index contributed by atoms with van der Waals surface area (Å²) in [6, 6.07) is 5.44. The number of aryl methyl sites for hydroxylation is 1. The van der Waals surface area contributed by atoms with Gasteiger partial charge in [-0.3, -0.25) is 14.3 Å². The SMILES string of the molecule is O=c1c2ccc(N3CCN(Cc4nnc5n4CCCC5)CC3)cc2ncn1CC(F)F. The number of benzene rings is 1. The maximum absolute atomic E-state index is 12.6. The highest BCUT2D eigenvalue weighted by molar-refractivity contribution is 5.81. The molecule has 0 radical (unpaired) electrons. The van der Waals surface area contributed by atoms with E-state index in [9.17, 15) is 13.6 Å². The van der Waals surface area contributed by atoms with Crippen molar-refractivity contribution in [3.63, 3.8) is 0 Å². The van der Waals surface area contributed by atoms with Gasteiger partial charge in [0.2, 0.25) is 0 Å². The standard InChI is InChI=1S/C21H25F2N7O/c22-18(23)12-29-14-24-17-11-15(4-5-16(17)21(29)31)28-9-7-27(8-10-28)13-20-26-25-19-3-1-2-6-30(19)20/h4-5,11,14,18H,1-3,6-10,12-13H2. The third-order valence-corrected chi connectivity index (χ3v) is 6.18. The van der Waals surface area contributed by atoms with Crippen LogP contribution in [0.25, 0.3) is 10.9 Å². The molecule has 0 bridgehead atoms. The van der Waals surface area contributed by atoms with Crippen molar-refractivity contribution in [1.82, 2.24) is 29.2 Å². The normalized spacial score (nSPS) is 17.5. The van der Waals surface area contributed by atoms with Crippen LogP contribution in [0.2, 0.25) is 0 Å². The summed E-state index contributed by atoms with van der Waals surface area (Å²) in [7, 11) is 0. The summed E-state index contributed by atoms with van der Waals surface area (Å²) in [5, 5.41) is 9.11. The average Bonchev–Trinajstić information content (AvgIpc) is 3.19. The van der Waals surface area contributed by atoms with Crippen LogP contribution in [-0.2, 0) is 26.1 Å². The summed E-state index contributed by atoms with van der Waals surface area (Å²) in [5.41, 5.74) is 1.09. The summed E-state index contributed by atoms with van der Waals surface area (Å²) in [4.78, 5) is 21.3. The van der Waals surface area contributed by atoms with E-state index in [1.54, 1.807) is 6.07 Å². The van der Waals surface area contributed by atoms with Crippen molar-refractivity contribution in [1.29, 1.82) is 0 Å². The molecule has 2 aromatic heterocycles. The van der Waals surface area contributed by atoms with Gasteiger partial charge in [-0.25, -0.2) is 13.8 Å². The van der Waals surface area contributed by atoms with Gasteiger partial charge in [0, 0.05) is 44.8 Å². The third-order valence-electron chi connectivity index (χ3n) is 6.18. The van der Waals surface area contributed by atoms with Crippen molar-refractivity contribution in [2.24, 2.45) is 0 Å². The lowest BCUT2D eigenvalue weighted by Crippen LogP contribution is -2.46. The first-order chi connectivity index (χ1) is 15.1. The van der Waals surface area contributed by atoms with Crippen LogP contribution in [0.4, 0.5) is 14.5 Å². The van der Waals surface area contributed by atoms with Crippen LogP contribution >= 0.6 is 0 Å². The van der Waals surface area contributed by atoms with E-state index in [-0.39, 0.29) is 0 Å². The molecular weight excluding hydrogens is 404 g/mol. The number of nitrogens with zero attached hydrogens (tertiary/aromatic N) is 7. The van der Waals surface area contributed by atoms with Gasteiger partial charge in [0.15, 0.2) is 0 Å². The van der Waals surface area contributed by atoms with E-state index in [0.717, 1.165) is 67.6 Å². The molecule has 31 heavy (non-hydrogen) atoms. The number of halogens is 2. The third kappa shape index (κ3) is 4.04. The second kappa shape index (κ2) is 8.33. The Labute approximate surface area is 178 Å². The number of hydrogen-bond acceptors (Lipinski definition) is 6. The molecule has 2 aliphatic rings. The summed E-state index contributed by atoms with van der Waals surface area (Å²) in [5.74, 6) is 2.16. The highest BCUT2D eigenvalue weighted by atomic mass is 19.3. The van der Waals surface area contributed by atoms with E-state index in [0.29, 0.717) is 10.9 Å². The molecule has 8 nitrogen and oxygen atoms in total. The lowest BCUT2D eigenvalue weighted by molar-refractivity contribution is 0.125. The Balaban J connectivity index is 1.26. The van der Waals surface area contributed by atoms with Crippen LogP contribution in [0.5, 0.6) is 0 Å². The average molecular weight is 429 g/mol. The van der Waals surface area contributed by atoms with Crippen LogP contribution in [-0.4, -0.2) is 61.8 Å². The maximum Gasteiger partial charge on any atom is 0.261 e. The number of fused-ring (bicyclic) bond motifs is 2. The van der Waals surface area contributed by atoms with Crippen LogP contribution in [0.1, 0.15) is 24.5 Å². The Morgan fingerprint density at radius 3 is 2.68 bits per heavy atom. The summed E-state index contributed by atoms with van der Waals surface area (Å²) in [6.07, 6.45) is 2.02. The molecule has 1 aromatic carbocycles. The Morgan fingerprint density at radius 1 is 1.03 bits per heavy atom. The van der Waals surface area contributed by atoms with E-state index in [1.807, 2.05) is 12.1 Å². The topological polar surface area (TPSA) is 72.1 Å². The first-order valence-electron chi connectivity index (χ1n) is 10.7. The molecule has 0 unspecified atom stereocenters. The molecule has 5 rings (SSSR count). The van der Waals surface area contributed by atoms with E-state index in [1.165, 1.54) is 19.2 Å².